The van der Waals surface area contributed by atoms with Gasteiger partial charge in [-0.3, -0.25) is 9.10 Å². The number of carbonyl (C=O) groups is 1. The maximum absolute atomic E-state index is 13.6. The second-order valence-corrected chi connectivity index (χ2v) is 13.9. The Bertz CT molecular complexity index is 1180. The van der Waals surface area contributed by atoms with Gasteiger partial charge >= 0.3 is 0 Å². The molecule has 1 aromatic heterocycles. The Morgan fingerprint density at radius 2 is 1.98 bits per heavy atom. The van der Waals surface area contributed by atoms with Crippen molar-refractivity contribution < 1.29 is 22.7 Å². The van der Waals surface area contributed by atoms with Gasteiger partial charge in [0.25, 0.3) is 5.91 Å². The molecule has 0 saturated carbocycles. The normalized spacial score (nSPS) is 17.0. The highest BCUT2D eigenvalue weighted by molar-refractivity contribution is 7.92. The van der Waals surface area contributed by atoms with Gasteiger partial charge in [-0.15, -0.1) is 0 Å². The second-order valence-electron chi connectivity index (χ2n) is 11.9. The largest absolute Gasteiger partial charge is 0.469 e. The summed E-state index contributed by atoms with van der Waals surface area (Å²) in [5, 5.41) is 20.9. The zero-order valence-corrected chi connectivity index (χ0v) is 25.5. The van der Waals surface area contributed by atoms with Crippen LogP contribution >= 0.6 is 0 Å². The number of furan rings is 1. The number of benzene rings is 1. The number of nitrogens with zero attached hydrogens (tertiary/aromatic N) is 1. The van der Waals surface area contributed by atoms with E-state index in [1.807, 2.05) is 13.0 Å². The van der Waals surface area contributed by atoms with E-state index in [0.717, 1.165) is 25.7 Å². The number of hydrogen-bond acceptors (Lipinski definition) is 7. The van der Waals surface area contributed by atoms with Crippen molar-refractivity contribution in [1.29, 1.82) is 0 Å². The molecule has 2 heterocycles. The maximum atomic E-state index is 13.6. The molecule has 1 aliphatic rings. The minimum atomic E-state index is -3.44. The quantitative estimate of drug-likeness (QED) is 0.245. The van der Waals surface area contributed by atoms with Crippen molar-refractivity contribution in [3.8, 4) is 0 Å². The lowest BCUT2D eigenvalue weighted by atomic mass is 9.94. The number of hydrogen-bond donors (Lipinski definition) is 4. The van der Waals surface area contributed by atoms with Crippen LogP contribution in [0.2, 0.25) is 0 Å². The molecule has 0 spiro atoms. The SMILES string of the molecule is CCNc1cc(C(=O)N[C@@H](Cc2ccco2)[C@H](O)CNC(C)(C)CCCC(C)C)cc(N2CCCCS2(=O)=O)c1. The lowest BCUT2D eigenvalue weighted by Crippen LogP contribution is -2.52. The van der Waals surface area contributed by atoms with Crippen LogP contribution in [0.25, 0.3) is 0 Å². The number of anilines is 2. The van der Waals surface area contributed by atoms with Crippen molar-refractivity contribution in [2.75, 3.05) is 35.0 Å². The summed E-state index contributed by atoms with van der Waals surface area (Å²) in [6.45, 7) is 11.9. The van der Waals surface area contributed by atoms with Crippen LogP contribution in [0.3, 0.4) is 0 Å². The number of aliphatic hydroxyl groups excluding tert-OH is 1. The first-order valence-electron chi connectivity index (χ1n) is 14.6. The van der Waals surface area contributed by atoms with Gasteiger partial charge in [-0.05, 0) is 76.3 Å². The molecule has 0 unspecified atom stereocenters. The van der Waals surface area contributed by atoms with Crippen LogP contribution in [0.5, 0.6) is 0 Å². The standard InChI is InChI=1S/C30H48N4O5S/c1-6-31-24-17-23(18-25(19-24)34-14-7-8-16-40(34,37)38)29(36)33-27(20-26-12-10-15-39-26)28(35)21-32-30(4,5)13-9-11-22(2)3/h10,12,15,17-19,22,27-28,31-32,35H,6-9,11,13-14,16,20-21H2,1-5H3,(H,33,36)/t27-,28+/m0/s1. The number of aliphatic hydroxyl groups is 1. The predicted octanol–water partition coefficient (Wildman–Crippen LogP) is 4.54. The summed E-state index contributed by atoms with van der Waals surface area (Å²) < 4.78 is 32.5. The molecule has 40 heavy (non-hydrogen) atoms. The van der Waals surface area contributed by atoms with Crippen LogP contribution < -0.4 is 20.3 Å². The molecule has 10 heteroatoms. The lowest BCUT2D eigenvalue weighted by Gasteiger charge is -2.31. The smallest absolute Gasteiger partial charge is 0.251 e. The van der Waals surface area contributed by atoms with E-state index in [0.29, 0.717) is 61.1 Å². The van der Waals surface area contributed by atoms with Crippen LogP contribution in [0.4, 0.5) is 11.4 Å². The summed E-state index contributed by atoms with van der Waals surface area (Å²) in [5.74, 6) is 1.01. The second kappa shape index (κ2) is 14.4. The van der Waals surface area contributed by atoms with Crippen LogP contribution in [0.1, 0.15) is 82.8 Å². The van der Waals surface area contributed by atoms with Gasteiger partial charge in [-0.1, -0.05) is 26.7 Å². The van der Waals surface area contributed by atoms with E-state index >= 15 is 0 Å². The summed E-state index contributed by atoms with van der Waals surface area (Å²) in [6, 6.07) is 8.07. The van der Waals surface area contributed by atoms with Crippen molar-refractivity contribution in [3.05, 3.63) is 47.9 Å². The fourth-order valence-corrected chi connectivity index (χ4v) is 6.64. The van der Waals surface area contributed by atoms with Gasteiger partial charge < -0.3 is 25.5 Å². The van der Waals surface area contributed by atoms with Crippen molar-refractivity contribution >= 4 is 27.3 Å². The van der Waals surface area contributed by atoms with E-state index in [1.54, 1.807) is 30.5 Å². The van der Waals surface area contributed by atoms with Crippen molar-refractivity contribution in [2.24, 2.45) is 5.92 Å². The van der Waals surface area contributed by atoms with Gasteiger partial charge in [0.05, 0.1) is 29.8 Å². The molecule has 224 valence electrons. The topological polar surface area (TPSA) is 124 Å². The van der Waals surface area contributed by atoms with Gasteiger partial charge in [-0.25, -0.2) is 8.42 Å². The molecule has 1 aliphatic heterocycles. The summed E-state index contributed by atoms with van der Waals surface area (Å²) in [4.78, 5) is 13.6. The first-order chi connectivity index (χ1) is 18.9. The van der Waals surface area contributed by atoms with Gasteiger partial charge in [0.15, 0.2) is 0 Å². The molecule has 0 radical (unpaired) electrons. The van der Waals surface area contributed by atoms with E-state index in [-0.39, 0.29) is 17.2 Å². The molecule has 1 aromatic carbocycles. The van der Waals surface area contributed by atoms with Gasteiger partial charge in [0, 0.05) is 42.8 Å². The highest BCUT2D eigenvalue weighted by Crippen LogP contribution is 2.28. The Balaban J connectivity index is 1.79. The third-order valence-electron chi connectivity index (χ3n) is 7.35. The molecule has 3 rings (SSSR count). The fourth-order valence-electron chi connectivity index (χ4n) is 5.02. The summed E-state index contributed by atoms with van der Waals surface area (Å²) in [5.41, 5.74) is 1.30. The molecule has 4 N–H and O–H groups in total. The van der Waals surface area contributed by atoms with Crippen LogP contribution in [-0.2, 0) is 16.4 Å². The highest BCUT2D eigenvalue weighted by Gasteiger charge is 2.29. The van der Waals surface area contributed by atoms with Crippen molar-refractivity contribution in [1.82, 2.24) is 10.6 Å². The third-order valence-corrected chi connectivity index (χ3v) is 9.22. The number of β-amino-alcohol motifs (C(OH)–C–C–N with tert-alkyl or cyclic N) is 1. The zero-order chi connectivity index (χ0) is 29.3. The molecule has 1 fully saturated rings. The number of amides is 1. The first kappa shape index (κ1) is 32.0. The summed E-state index contributed by atoms with van der Waals surface area (Å²) >= 11 is 0. The van der Waals surface area contributed by atoms with Gasteiger partial charge in [0.2, 0.25) is 10.0 Å². The van der Waals surface area contributed by atoms with Gasteiger partial charge in [0.1, 0.15) is 5.76 Å². The first-order valence-corrected chi connectivity index (χ1v) is 16.2. The number of sulfonamides is 1. The average Bonchev–Trinajstić information content (AvgIpc) is 3.39. The molecular formula is C30H48N4O5S. The molecule has 2 atom stereocenters. The Labute approximate surface area is 240 Å². The number of carbonyl (C=O) groups excluding carboxylic acids is 1. The molecule has 2 aromatic rings. The Hall–Kier alpha value is -2.56. The van der Waals surface area contributed by atoms with E-state index in [1.165, 1.54) is 4.31 Å². The maximum Gasteiger partial charge on any atom is 0.251 e. The van der Waals surface area contributed by atoms with Crippen molar-refractivity contribution in [2.45, 2.75) is 90.8 Å². The molecule has 9 nitrogen and oxygen atoms in total. The van der Waals surface area contributed by atoms with Crippen LogP contribution in [0.15, 0.2) is 41.0 Å². The number of rotatable bonds is 15. The lowest BCUT2D eigenvalue weighted by molar-refractivity contribution is 0.0804. The Morgan fingerprint density at radius 3 is 2.62 bits per heavy atom. The van der Waals surface area contributed by atoms with Gasteiger partial charge in [-0.2, -0.15) is 0 Å². The number of nitrogens with one attached hydrogen (secondary N) is 3. The minimum absolute atomic E-state index is 0.0954. The molecular weight excluding hydrogens is 528 g/mol. The zero-order valence-electron chi connectivity index (χ0n) is 24.7. The Morgan fingerprint density at radius 1 is 1.20 bits per heavy atom. The van der Waals surface area contributed by atoms with E-state index in [9.17, 15) is 18.3 Å². The Kier molecular flexibility index (Phi) is 11.5. The van der Waals surface area contributed by atoms with E-state index in [4.69, 9.17) is 4.42 Å². The predicted molar refractivity (Wildman–Crippen MR) is 161 cm³/mol. The van der Waals surface area contributed by atoms with E-state index in [2.05, 4.69) is 43.6 Å². The van der Waals surface area contributed by atoms with Crippen molar-refractivity contribution in [3.63, 3.8) is 0 Å². The van der Waals surface area contributed by atoms with Crippen LogP contribution in [-0.4, -0.2) is 62.5 Å². The van der Waals surface area contributed by atoms with Crippen LogP contribution in [0, 0.1) is 5.92 Å². The monoisotopic (exact) mass is 576 g/mol. The molecule has 1 saturated heterocycles. The summed E-state index contributed by atoms with van der Waals surface area (Å²) in [7, 11) is -3.44. The third kappa shape index (κ3) is 9.52. The molecule has 1 amide bonds. The minimum Gasteiger partial charge on any atom is -0.469 e. The molecule has 0 aliphatic carbocycles. The molecule has 0 bridgehead atoms. The fraction of sp³-hybridized carbons (Fsp3) is 0.633. The average molecular weight is 577 g/mol. The highest BCUT2D eigenvalue weighted by atomic mass is 32.2. The summed E-state index contributed by atoms with van der Waals surface area (Å²) in [6.07, 6.45) is 5.63. The van der Waals surface area contributed by atoms with E-state index < -0.39 is 22.2 Å².